The van der Waals surface area contributed by atoms with Crippen LogP contribution in [0.5, 0.6) is 0 Å². The Kier molecular flexibility index (Phi) is 6.78. The number of unbranched alkanes of at least 4 members (excludes halogenated alkanes) is 1. The molecule has 23 heavy (non-hydrogen) atoms. The van der Waals surface area contributed by atoms with Crippen LogP contribution < -0.4 is 5.32 Å². The number of fused-ring (bicyclic) bond motifs is 1. The maximum absolute atomic E-state index is 5.82. The van der Waals surface area contributed by atoms with Crippen molar-refractivity contribution in [2.24, 2.45) is 0 Å². The first-order valence-corrected chi connectivity index (χ1v) is 12.8. The number of hydrogen-bond acceptors (Lipinski definition) is 5. The van der Waals surface area contributed by atoms with Gasteiger partial charge in [-0.25, -0.2) is 15.0 Å². The zero-order valence-electron chi connectivity index (χ0n) is 14.4. The van der Waals surface area contributed by atoms with Crippen LogP contribution in [0, 0.1) is 0 Å². The van der Waals surface area contributed by atoms with E-state index in [-0.39, 0.29) is 0 Å². The monoisotopic (exact) mass is 447 g/mol. The number of imidazole rings is 1. The van der Waals surface area contributed by atoms with Gasteiger partial charge in [0.2, 0.25) is 0 Å². The summed E-state index contributed by atoms with van der Waals surface area (Å²) in [5, 5.41) is 3.38. The zero-order valence-corrected chi connectivity index (χ0v) is 17.6. The van der Waals surface area contributed by atoms with Crippen molar-refractivity contribution in [1.82, 2.24) is 17.7 Å². The van der Waals surface area contributed by atoms with Gasteiger partial charge in [0.05, 0.1) is 22.9 Å². The highest BCUT2D eigenvalue weighted by molar-refractivity contribution is 14.1. The fourth-order valence-electron chi connectivity index (χ4n) is 2.07. The summed E-state index contributed by atoms with van der Waals surface area (Å²) in [5.74, 6) is 1.73. The smallest absolute Gasteiger partial charge is 0.184 e. The molecule has 0 amide bonds. The normalized spacial score (nSPS) is 12.0. The maximum Gasteiger partial charge on any atom is 0.184 e. The molecule has 2 aromatic rings. The Morgan fingerprint density at radius 1 is 1.30 bits per heavy atom. The zero-order chi connectivity index (χ0) is 16.9. The minimum absolute atomic E-state index is 0.512. The second-order valence-corrected chi connectivity index (χ2v) is 13.4. The van der Waals surface area contributed by atoms with Crippen LogP contribution in [0.4, 0.5) is 5.82 Å². The van der Waals surface area contributed by atoms with Crippen molar-refractivity contribution >= 4 is 47.9 Å². The van der Waals surface area contributed by atoms with Gasteiger partial charge >= 0.3 is 0 Å². The summed E-state index contributed by atoms with van der Waals surface area (Å²) >= 11 is 2.25. The summed E-state index contributed by atoms with van der Waals surface area (Å²) in [6, 6.07) is 1.16. The van der Waals surface area contributed by atoms with Gasteiger partial charge in [-0.05, 0) is 12.5 Å². The molecule has 0 saturated carbocycles. The molecule has 128 valence electrons. The third kappa shape index (κ3) is 5.39. The molecule has 2 heterocycles. The second kappa shape index (κ2) is 8.38. The Hall–Kier alpha value is -0.743. The Morgan fingerprint density at radius 3 is 2.78 bits per heavy atom. The summed E-state index contributed by atoms with van der Waals surface area (Å²) in [6.45, 7) is 11.5. The van der Waals surface area contributed by atoms with Gasteiger partial charge in [0.25, 0.3) is 0 Å². The largest absolute Gasteiger partial charge is 0.374 e. The molecule has 0 aromatic carbocycles. The minimum atomic E-state index is -1.05. The van der Waals surface area contributed by atoms with Crippen LogP contribution in [0.1, 0.15) is 25.6 Å². The molecule has 0 aliphatic rings. The number of anilines is 1. The van der Waals surface area contributed by atoms with E-state index in [0.717, 1.165) is 54.8 Å². The topological polar surface area (TPSA) is 64.9 Å². The van der Waals surface area contributed by atoms with Crippen LogP contribution in [-0.2, 0) is 11.3 Å². The van der Waals surface area contributed by atoms with Crippen molar-refractivity contribution in [3.8, 4) is 0 Å². The summed E-state index contributed by atoms with van der Waals surface area (Å²) in [5.41, 5.74) is 1.66. The van der Waals surface area contributed by atoms with E-state index in [0.29, 0.717) is 6.61 Å². The SMILES string of the molecule is CCCCNc1ncnc2nc(COCC[Si](C)(C)C)n(I)c12. The molecule has 0 aliphatic carbocycles. The van der Waals surface area contributed by atoms with Crippen molar-refractivity contribution in [1.29, 1.82) is 0 Å². The van der Waals surface area contributed by atoms with Gasteiger partial charge < -0.3 is 10.1 Å². The Morgan fingerprint density at radius 2 is 2.09 bits per heavy atom. The summed E-state index contributed by atoms with van der Waals surface area (Å²) < 4.78 is 7.83. The van der Waals surface area contributed by atoms with Gasteiger partial charge in [0.15, 0.2) is 11.5 Å². The Balaban J connectivity index is 2.07. The number of nitrogens with zero attached hydrogens (tertiary/aromatic N) is 4. The van der Waals surface area contributed by atoms with E-state index in [1.165, 1.54) is 0 Å². The Labute approximate surface area is 153 Å². The van der Waals surface area contributed by atoms with E-state index in [1.54, 1.807) is 6.33 Å². The van der Waals surface area contributed by atoms with Crippen LogP contribution in [0.25, 0.3) is 11.2 Å². The molecular weight excluding hydrogens is 421 g/mol. The average Bonchev–Trinajstić information content (AvgIpc) is 2.80. The fraction of sp³-hybridized carbons (Fsp3) is 0.667. The molecule has 0 radical (unpaired) electrons. The molecular formula is C15H26IN5OSi. The van der Waals surface area contributed by atoms with Crippen LogP contribution in [0.3, 0.4) is 0 Å². The first kappa shape index (κ1) is 18.6. The highest BCUT2D eigenvalue weighted by Crippen LogP contribution is 2.24. The lowest BCUT2D eigenvalue weighted by Gasteiger charge is -2.15. The number of nitrogens with one attached hydrogen (secondary N) is 1. The lowest BCUT2D eigenvalue weighted by atomic mass is 10.3. The molecule has 8 heteroatoms. The number of halogens is 1. The van der Waals surface area contributed by atoms with Gasteiger partial charge in [-0.3, -0.25) is 2.78 Å². The van der Waals surface area contributed by atoms with E-state index < -0.39 is 8.07 Å². The average molecular weight is 447 g/mol. The predicted octanol–water partition coefficient (Wildman–Crippen LogP) is 4.09. The van der Waals surface area contributed by atoms with Crippen molar-refractivity contribution in [2.45, 2.75) is 52.1 Å². The number of hydrogen-bond donors (Lipinski definition) is 1. The third-order valence-electron chi connectivity index (χ3n) is 3.51. The van der Waals surface area contributed by atoms with Crippen molar-refractivity contribution < 1.29 is 4.74 Å². The van der Waals surface area contributed by atoms with Crippen molar-refractivity contribution in [3.05, 3.63) is 12.2 Å². The molecule has 2 aromatic heterocycles. The van der Waals surface area contributed by atoms with E-state index in [2.05, 4.69) is 69.7 Å². The van der Waals surface area contributed by atoms with Gasteiger partial charge in [0, 0.05) is 21.2 Å². The first-order valence-electron chi connectivity index (χ1n) is 8.12. The highest BCUT2D eigenvalue weighted by Gasteiger charge is 2.16. The van der Waals surface area contributed by atoms with E-state index in [4.69, 9.17) is 4.74 Å². The molecule has 0 bridgehead atoms. The van der Waals surface area contributed by atoms with Crippen LogP contribution in [0.2, 0.25) is 25.7 Å². The van der Waals surface area contributed by atoms with Crippen LogP contribution in [0.15, 0.2) is 6.33 Å². The van der Waals surface area contributed by atoms with E-state index >= 15 is 0 Å². The molecule has 2 rings (SSSR count). The second-order valence-electron chi connectivity index (χ2n) is 6.85. The lowest BCUT2D eigenvalue weighted by Crippen LogP contribution is -2.21. The minimum Gasteiger partial charge on any atom is -0.374 e. The molecule has 0 spiro atoms. The molecule has 0 saturated heterocycles. The quantitative estimate of drug-likeness (QED) is 0.356. The molecule has 6 nitrogen and oxygen atoms in total. The van der Waals surface area contributed by atoms with Gasteiger partial charge in [-0.15, -0.1) is 0 Å². The predicted molar refractivity (Wildman–Crippen MR) is 106 cm³/mol. The van der Waals surface area contributed by atoms with E-state index in [1.807, 2.05) is 2.78 Å². The highest BCUT2D eigenvalue weighted by atomic mass is 127. The van der Waals surface area contributed by atoms with Gasteiger partial charge in [0.1, 0.15) is 24.3 Å². The maximum atomic E-state index is 5.82. The molecule has 0 atom stereocenters. The summed E-state index contributed by atoms with van der Waals surface area (Å²) in [4.78, 5) is 13.2. The van der Waals surface area contributed by atoms with Crippen LogP contribution in [-0.4, -0.2) is 39.0 Å². The third-order valence-corrected chi connectivity index (χ3v) is 6.25. The molecule has 1 N–H and O–H groups in total. The van der Waals surface area contributed by atoms with Crippen molar-refractivity contribution in [3.63, 3.8) is 0 Å². The number of ether oxygens (including phenoxy) is 1. The van der Waals surface area contributed by atoms with Crippen LogP contribution >= 0.6 is 22.9 Å². The molecule has 0 unspecified atom stereocenters. The number of aromatic nitrogens is 4. The first-order chi connectivity index (χ1) is 10.9. The molecule has 0 fully saturated rings. The Bertz CT molecular complexity index is 641. The summed E-state index contributed by atoms with van der Waals surface area (Å²) in [6.07, 6.45) is 3.84. The lowest BCUT2D eigenvalue weighted by molar-refractivity contribution is 0.128. The van der Waals surface area contributed by atoms with Crippen molar-refractivity contribution in [2.75, 3.05) is 18.5 Å². The van der Waals surface area contributed by atoms with E-state index in [9.17, 15) is 0 Å². The van der Waals surface area contributed by atoms with Gasteiger partial charge in [-0.1, -0.05) is 33.0 Å². The number of rotatable bonds is 9. The summed E-state index contributed by atoms with van der Waals surface area (Å²) in [7, 11) is -1.05. The standard InChI is InChI=1S/C15H26IN5OSi/c1-5-6-7-17-14-13-15(19-11-18-14)20-12(21(13)16)10-22-8-9-23(2,3)4/h11H,5-10H2,1-4H3,(H,17,18,19). The fourth-order valence-corrected chi connectivity index (χ4v) is 3.52. The van der Waals surface area contributed by atoms with Gasteiger partial charge in [-0.2, -0.15) is 0 Å². The molecule has 0 aliphatic heterocycles.